The molecule has 0 heterocycles. The van der Waals surface area contributed by atoms with Crippen LogP contribution in [0.5, 0.6) is 0 Å². The second kappa shape index (κ2) is 4.53. The molecule has 0 rings (SSSR count). The Balaban J connectivity index is 5.20. The molecule has 14 heavy (non-hydrogen) atoms. The molecule has 0 aromatic carbocycles. The van der Waals surface area contributed by atoms with Gasteiger partial charge in [-0.1, -0.05) is 6.08 Å². The summed E-state index contributed by atoms with van der Waals surface area (Å²) < 4.78 is 37.4. The minimum atomic E-state index is -4.27. The van der Waals surface area contributed by atoms with E-state index in [-0.39, 0.29) is 5.57 Å². The zero-order valence-corrected chi connectivity index (χ0v) is 9.16. The molecule has 0 saturated heterocycles. The first-order valence-electron chi connectivity index (χ1n) is 4.30. The Kier molecular flexibility index (Phi) is 4.23. The molecule has 0 radical (unpaired) electrons. The van der Waals surface area contributed by atoms with Crippen LogP contribution in [0.4, 0.5) is 13.2 Å². The molecular weight excluding hydrogens is 191 g/mol. The number of rotatable bonds is 2. The quantitative estimate of drug-likeness (QED) is 0.627. The highest BCUT2D eigenvalue weighted by molar-refractivity contribution is 5.35. The molecule has 0 aliphatic rings. The molecule has 0 unspecified atom stereocenters. The van der Waals surface area contributed by atoms with Gasteiger partial charge in [-0.25, -0.2) is 0 Å². The van der Waals surface area contributed by atoms with Gasteiger partial charge in [0.1, 0.15) is 0 Å². The summed E-state index contributed by atoms with van der Waals surface area (Å²) in [5, 5.41) is 0. The lowest BCUT2D eigenvalue weighted by atomic mass is 10.1. The van der Waals surface area contributed by atoms with E-state index < -0.39 is 11.7 Å². The third-order valence-electron chi connectivity index (χ3n) is 2.21. The largest absolute Gasteiger partial charge is 0.416 e. The van der Waals surface area contributed by atoms with Crippen LogP contribution in [0.2, 0.25) is 0 Å². The van der Waals surface area contributed by atoms with Crippen LogP contribution in [0.3, 0.4) is 0 Å². The summed E-state index contributed by atoms with van der Waals surface area (Å²) in [7, 11) is 3.45. The molecule has 0 fully saturated rings. The Bertz CT molecular complexity index is 259. The Hall–Kier alpha value is -0.930. The second-order valence-corrected chi connectivity index (χ2v) is 3.30. The molecule has 0 aromatic heterocycles. The van der Waals surface area contributed by atoms with Crippen molar-refractivity contribution in [2.24, 2.45) is 0 Å². The van der Waals surface area contributed by atoms with E-state index >= 15 is 0 Å². The fourth-order valence-electron chi connectivity index (χ4n) is 1.12. The molecule has 82 valence electrons. The summed E-state index contributed by atoms with van der Waals surface area (Å²) in [5.41, 5.74) is 0.323. The van der Waals surface area contributed by atoms with Gasteiger partial charge in [-0.15, -0.1) is 0 Å². The average molecular weight is 207 g/mol. The number of hydrogen-bond donors (Lipinski definition) is 0. The predicted octanol–water partition coefficient (Wildman–Crippen LogP) is 3.35. The second-order valence-electron chi connectivity index (χ2n) is 3.30. The van der Waals surface area contributed by atoms with E-state index in [2.05, 4.69) is 0 Å². The zero-order valence-electron chi connectivity index (χ0n) is 9.16. The minimum absolute atomic E-state index is 0.269. The molecule has 0 amide bonds. The van der Waals surface area contributed by atoms with E-state index in [4.69, 9.17) is 0 Å². The van der Waals surface area contributed by atoms with Crippen molar-refractivity contribution in [2.45, 2.75) is 26.9 Å². The maximum Gasteiger partial charge on any atom is 0.416 e. The van der Waals surface area contributed by atoms with E-state index in [1.165, 1.54) is 13.8 Å². The molecule has 0 aromatic rings. The van der Waals surface area contributed by atoms with Crippen LogP contribution >= 0.6 is 0 Å². The van der Waals surface area contributed by atoms with Gasteiger partial charge < -0.3 is 4.90 Å². The van der Waals surface area contributed by atoms with E-state index in [1.807, 2.05) is 0 Å². The van der Waals surface area contributed by atoms with E-state index in [9.17, 15) is 13.2 Å². The van der Waals surface area contributed by atoms with Crippen LogP contribution in [-0.2, 0) is 0 Å². The first-order valence-corrected chi connectivity index (χ1v) is 4.30. The summed E-state index contributed by atoms with van der Waals surface area (Å²) in [6.07, 6.45) is -3.17. The molecule has 0 bridgehead atoms. The molecule has 4 heteroatoms. The first kappa shape index (κ1) is 13.1. The van der Waals surface area contributed by atoms with Gasteiger partial charge in [0.2, 0.25) is 0 Å². The Morgan fingerprint density at radius 2 is 1.57 bits per heavy atom. The lowest BCUT2D eigenvalue weighted by molar-refractivity contribution is -0.0896. The van der Waals surface area contributed by atoms with Crippen LogP contribution in [0.15, 0.2) is 22.9 Å². The molecule has 0 saturated carbocycles. The smallest absolute Gasteiger partial charge is 0.381 e. The minimum Gasteiger partial charge on any atom is -0.381 e. The molecule has 1 nitrogen and oxygen atoms in total. The van der Waals surface area contributed by atoms with E-state index in [0.29, 0.717) is 5.70 Å². The van der Waals surface area contributed by atoms with Crippen molar-refractivity contribution in [3.63, 3.8) is 0 Å². The normalized spacial score (nSPS) is 15.3. The molecule has 0 aliphatic heterocycles. The summed E-state index contributed by atoms with van der Waals surface area (Å²) in [6, 6.07) is 0. The van der Waals surface area contributed by atoms with Gasteiger partial charge in [-0.2, -0.15) is 13.2 Å². The fraction of sp³-hybridized carbons (Fsp3) is 0.600. The average Bonchev–Trinajstić information content (AvgIpc) is 2.01. The van der Waals surface area contributed by atoms with Gasteiger partial charge in [0.05, 0.1) is 5.57 Å². The summed E-state index contributed by atoms with van der Waals surface area (Å²) in [5.74, 6) is 0. The van der Waals surface area contributed by atoms with Gasteiger partial charge in [0.15, 0.2) is 0 Å². The van der Waals surface area contributed by atoms with Crippen LogP contribution in [0, 0.1) is 0 Å². The lowest BCUT2D eigenvalue weighted by Crippen LogP contribution is -2.17. The highest BCUT2D eigenvalue weighted by Crippen LogP contribution is 2.32. The van der Waals surface area contributed by atoms with Gasteiger partial charge in [-0.3, -0.25) is 0 Å². The van der Waals surface area contributed by atoms with Crippen molar-refractivity contribution in [3.05, 3.63) is 22.9 Å². The highest BCUT2D eigenvalue weighted by atomic mass is 19.4. The molecule has 0 N–H and O–H groups in total. The fourth-order valence-corrected chi connectivity index (χ4v) is 1.12. The zero-order chi connectivity index (χ0) is 11.5. The SMILES string of the molecule is CC=C(/C(C)=C(/C)N(C)C)C(F)(F)F. The topological polar surface area (TPSA) is 3.24 Å². The highest BCUT2D eigenvalue weighted by Gasteiger charge is 2.34. The standard InChI is InChI=1S/C10H16F3N/c1-6-9(10(11,12)13)7(2)8(3)14(4)5/h6H,1-5H3/b8-7-,9-6?. The molecule has 0 atom stereocenters. The van der Waals surface area contributed by atoms with Crippen molar-refractivity contribution in [1.29, 1.82) is 0 Å². The van der Waals surface area contributed by atoms with E-state index in [1.54, 1.807) is 25.9 Å². The number of allylic oxidation sites excluding steroid dienone is 4. The first-order chi connectivity index (χ1) is 6.21. The number of halogens is 3. The van der Waals surface area contributed by atoms with Crippen molar-refractivity contribution in [3.8, 4) is 0 Å². The van der Waals surface area contributed by atoms with Crippen molar-refractivity contribution in [2.75, 3.05) is 14.1 Å². The third kappa shape index (κ3) is 3.09. The molecular formula is C10H16F3N. The number of nitrogens with zero attached hydrogens (tertiary/aromatic N) is 1. The molecule has 0 aliphatic carbocycles. The van der Waals surface area contributed by atoms with Gasteiger partial charge in [-0.05, 0) is 26.3 Å². The van der Waals surface area contributed by atoms with Crippen molar-refractivity contribution >= 4 is 0 Å². The van der Waals surface area contributed by atoms with Crippen molar-refractivity contribution < 1.29 is 13.2 Å². The Morgan fingerprint density at radius 3 is 1.79 bits per heavy atom. The summed E-state index contributed by atoms with van der Waals surface area (Å²) in [4.78, 5) is 1.67. The Labute approximate surface area is 82.9 Å². The third-order valence-corrected chi connectivity index (χ3v) is 2.21. The molecule has 0 spiro atoms. The van der Waals surface area contributed by atoms with Crippen molar-refractivity contribution in [1.82, 2.24) is 4.90 Å². The Morgan fingerprint density at radius 1 is 1.14 bits per heavy atom. The van der Waals surface area contributed by atoms with E-state index in [0.717, 1.165) is 6.08 Å². The maximum absolute atomic E-state index is 12.5. The monoisotopic (exact) mass is 207 g/mol. The van der Waals surface area contributed by atoms with Crippen LogP contribution in [0.25, 0.3) is 0 Å². The maximum atomic E-state index is 12.5. The van der Waals surface area contributed by atoms with Gasteiger partial charge in [0.25, 0.3) is 0 Å². The number of hydrogen-bond acceptors (Lipinski definition) is 1. The van der Waals surface area contributed by atoms with Crippen LogP contribution in [0.1, 0.15) is 20.8 Å². The van der Waals surface area contributed by atoms with Crippen LogP contribution in [-0.4, -0.2) is 25.2 Å². The summed E-state index contributed by atoms with van der Waals surface area (Å²) in [6.45, 7) is 4.55. The van der Waals surface area contributed by atoms with Gasteiger partial charge in [0, 0.05) is 19.8 Å². The predicted molar refractivity (Wildman–Crippen MR) is 51.9 cm³/mol. The van der Waals surface area contributed by atoms with Crippen LogP contribution < -0.4 is 0 Å². The van der Waals surface area contributed by atoms with Gasteiger partial charge >= 0.3 is 6.18 Å². The summed E-state index contributed by atoms with van der Waals surface area (Å²) >= 11 is 0. The number of alkyl halides is 3. The lowest BCUT2D eigenvalue weighted by Gasteiger charge is -2.19.